The minimum absolute atomic E-state index is 0.0251. The molecular weight excluding hydrogens is 319 g/mol. The monoisotopic (exact) mass is 329 g/mol. The average Bonchev–Trinajstić information content (AvgIpc) is 2.92. The van der Waals surface area contributed by atoms with Gasteiger partial charge in [0.15, 0.2) is 11.3 Å². The van der Waals surface area contributed by atoms with Crippen LogP contribution in [0.5, 0.6) is 0 Å². The van der Waals surface area contributed by atoms with E-state index in [0.29, 0.717) is 22.0 Å². The summed E-state index contributed by atoms with van der Waals surface area (Å²) in [5.74, 6) is -0.0251. The molecule has 0 fully saturated rings. The number of halogens is 4. The molecule has 3 rings (SSSR count). The zero-order valence-electron chi connectivity index (χ0n) is 11.7. The van der Waals surface area contributed by atoms with Crippen molar-refractivity contribution in [2.24, 2.45) is 0 Å². The number of alkyl halides is 3. The number of fused-ring (bicyclic) bond motifs is 3. The molecule has 0 aliphatic carbocycles. The Hall–Kier alpha value is -1.95. The molecule has 2 aromatic heterocycles. The summed E-state index contributed by atoms with van der Waals surface area (Å²) < 4.78 is 45.8. The summed E-state index contributed by atoms with van der Waals surface area (Å²) in [5, 5.41) is -0.229. The van der Waals surface area contributed by atoms with Gasteiger partial charge in [0, 0.05) is 17.5 Å². The van der Waals surface area contributed by atoms with Crippen molar-refractivity contribution in [1.82, 2.24) is 4.57 Å². The SMILES string of the molecule is CC(C)n1c2cc(C(F)(F)F)ccc2c2oc(C(=O)Cl)cc21. The predicted molar refractivity (Wildman–Crippen MR) is 77.3 cm³/mol. The van der Waals surface area contributed by atoms with E-state index in [1.165, 1.54) is 12.1 Å². The zero-order chi connectivity index (χ0) is 16.2. The smallest absolute Gasteiger partial charge is 0.416 e. The fourth-order valence-electron chi connectivity index (χ4n) is 2.64. The Morgan fingerprint density at radius 1 is 1.23 bits per heavy atom. The van der Waals surface area contributed by atoms with Crippen molar-refractivity contribution < 1.29 is 22.4 Å². The quantitative estimate of drug-likeness (QED) is 0.593. The van der Waals surface area contributed by atoms with Crippen molar-refractivity contribution in [2.75, 3.05) is 0 Å². The molecular formula is C15H11ClF3NO2. The van der Waals surface area contributed by atoms with Crippen LogP contribution in [0.2, 0.25) is 0 Å². The number of furan rings is 1. The summed E-state index contributed by atoms with van der Waals surface area (Å²) in [7, 11) is 0. The standard InChI is InChI=1S/C15H11ClF3NO2/c1-7(2)20-10-5-8(15(17,18)19)3-4-9(10)13-11(20)6-12(22-13)14(16)21/h3-7H,1-2H3. The molecule has 0 saturated carbocycles. The van der Waals surface area contributed by atoms with Crippen LogP contribution >= 0.6 is 11.6 Å². The van der Waals surface area contributed by atoms with Crippen molar-refractivity contribution in [2.45, 2.75) is 26.1 Å². The first-order valence-corrected chi connectivity index (χ1v) is 6.92. The van der Waals surface area contributed by atoms with Crippen LogP contribution in [0.3, 0.4) is 0 Å². The maximum atomic E-state index is 12.9. The van der Waals surface area contributed by atoms with E-state index >= 15 is 0 Å². The molecule has 116 valence electrons. The summed E-state index contributed by atoms with van der Waals surface area (Å²) >= 11 is 5.41. The van der Waals surface area contributed by atoms with Crippen LogP contribution in [-0.4, -0.2) is 9.81 Å². The van der Waals surface area contributed by atoms with E-state index in [-0.39, 0.29) is 11.8 Å². The van der Waals surface area contributed by atoms with Crippen LogP contribution in [0.4, 0.5) is 13.2 Å². The first-order valence-electron chi connectivity index (χ1n) is 6.54. The Bertz CT molecular complexity index is 890. The largest absolute Gasteiger partial charge is 0.449 e. The van der Waals surface area contributed by atoms with E-state index < -0.39 is 17.0 Å². The number of benzene rings is 1. The molecule has 0 aliphatic rings. The molecule has 0 atom stereocenters. The Labute approximate surface area is 128 Å². The molecule has 1 aromatic carbocycles. The van der Waals surface area contributed by atoms with Gasteiger partial charge in [-0.2, -0.15) is 13.2 Å². The lowest BCUT2D eigenvalue weighted by Gasteiger charge is -2.12. The van der Waals surface area contributed by atoms with Crippen LogP contribution in [0.25, 0.3) is 22.0 Å². The van der Waals surface area contributed by atoms with Gasteiger partial charge in [0.05, 0.1) is 16.6 Å². The van der Waals surface area contributed by atoms with Crippen LogP contribution < -0.4 is 0 Å². The van der Waals surface area contributed by atoms with Crippen molar-refractivity contribution in [3.05, 3.63) is 35.6 Å². The molecule has 0 amide bonds. The third-order valence-corrected chi connectivity index (χ3v) is 3.70. The number of hydrogen-bond donors (Lipinski definition) is 0. The molecule has 3 aromatic rings. The molecule has 0 aliphatic heterocycles. The summed E-state index contributed by atoms with van der Waals surface area (Å²) in [5.41, 5.74) is 0.595. The second-order valence-electron chi connectivity index (χ2n) is 5.29. The number of carbonyl (C=O) groups is 1. The number of aromatic nitrogens is 1. The van der Waals surface area contributed by atoms with Crippen molar-refractivity contribution in [3.63, 3.8) is 0 Å². The van der Waals surface area contributed by atoms with E-state index in [0.717, 1.165) is 12.1 Å². The molecule has 0 saturated heterocycles. The van der Waals surface area contributed by atoms with Crippen molar-refractivity contribution in [1.29, 1.82) is 0 Å². The van der Waals surface area contributed by atoms with Crippen LogP contribution in [0, 0.1) is 0 Å². The highest BCUT2D eigenvalue weighted by Crippen LogP contribution is 2.38. The van der Waals surface area contributed by atoms with Gasteiger partial charge < -0.3 is 8.98 Å². The highest BCUT2D eigenvalue weighted by molar-refractivity contribution is 6.67. The van der Waals surface area contributed by atoms with Gasteiger partial charge in [-0.1, -0.05) is 0 Å². The summed E-state index contributed by atoms with van der Waals surface area (Å²) in [6, 6.07) is 4.78. The topological polar surface area (TPSA) is 35.1 Å². The Morgan fingerprint density at radius 3 is 2.45 bits per heavy atom. The first kappa shape index (κ1) is 15.0. The van der Waals surface area contributed by atoms with E-state index in [1.807, 2.05) is 13.8 Å². The molecule has 0 bridgehead atoms. The lowest BCUT2D eigenvalue weighted by Crippen LogP contribution is -2.06. The molecule has 0 spiro atoms. The molecule has 2 heterocycles. The fourth-order valence-corrected chi connectivity index (χ4v) is 2.73. The molecule has 0 unspecified atom stereocenters. The van der Waals surface area contributed by atoms with Crippen LogP contribution in [0.15, 0.2) is 28.7 Å². The minimum Gasteiger partial charge on any atom is -0.449 e. The maximum Gasteiger partial charge on any atom is 0.416 e. The third kappa shape index (κ3) is 2.18. The molecule has 0 radical (unpaired) electrons. The Morgan fingerprint density at radius 2 is 1.91 bits per heavy atom. The Kier molecular flexibility index (Phi) is 3.25. The lowest BCUT2D eigenvalue weighted by atomic mass is 10.1. The van der Waals surface area contributed by atoms with E-state index in [4.69, 9.17) is 16.0 Å². The van der Waals surface area contributed by atoms with Crippen LogP contribution in [-0.2, 0) is 6.18 Å². The molecule has 22 heavy (non-hydrogen) atoms. The van der Waals surface area contributed by atoms with Crippen LogP contribution in [0.1, 0.15) is 36.0 Å². The molecule has 0 N–H and O–H groups in total. The highest BCUT2D eigenvalue weighted by Gasteiger charge is 2.31. The molecule has 7 heteroatoms. The van der Waals surface area contributed by atoms with Gasteiger partial charge in [-0.3, -0.25) is 4.79 Å². The van der Waals surface area contributed by atoms with Gasteiger partial charge in [0.2, 0.25) is 0 Å². The normalized spacial score (nSPS) is 12.7. The number of carbonyl (C=O) groups excluding carboxylic acids is 1. The minimum atomic E-state index is -4.42. The van der Waals surface area contributed by atoms with Gasteiger partial charge in [0.1, 0.15) is 0 Å². The first-order chi connectivity index (χ1) is 10.2. The second-order valence-corrected chi connectivity index (χ2v) is 5.64. The predicted octanol–water partition coefficient (Wildman–Crippen LogP) is 5.37. The highest BCUT2D eigenvalue weighted by atomic mass is 35.5. The zero-order valence-corrected chi connectivity index (χ0v) is 12.4. The lowest BCUT2D eigenvalue weighted by molar-refractivity contribution is -0.137. The van der Waals surface area contributed by atoms with Gasteiger partial charge >= 0.3 is 6.18 Å². The summed E-state index contributed by atoms with van der Waals surface area (Å²) in [6.45, 7) is 3.68. The fraction of sp³-hybridized carbons (Fsp3) is 0.267. The van der Waals surface area contributed by atoms with E-state index in [9.17, 15) is 18.0 Å². The summed E-state index contributed by atoms with van der Waals surface area (Å²) in [6.07, 6.45) is -4.42. The van der Waals surface area contributed by atoms with Gasteiger partial charge in [-0.25, -0.2) is 0 Å². The van der Waals surface area contributed by atoms with Gasteiger partial charge in [-0.15, -0.1) is 0 Å². The van der Waals surface area contributed by atoms with E-state index in [1.54, 1.807) is 4.57 Å². The molecule has 3 nitrogen and oxygen atoms in total. The number of rotatable bonds is 2. The summed E-state index contributed by atoms with van der Waals surface area (Å²) in [4.78, 5) is 11.2. The van der Waals surface area contributed by atoms with Crippen molar-refractivity contribution >= 4 is 38.8 Å². The van der Waals surface area contributed by atoms with Gasteiger partial charge in [0.25, 0.3) is 5.24 Å². The second kappa shape index (κ2) is 4.78. The third-order valence-electron chi connectivity index (χ3n) is 3.51. The van der Waals surface area contributed by atoms with Gasteiger partial charge in [-0.05, 0) is 43.6 Å². The average molecular weight is 330 g/mol. The number of nitrogens with zero attached hydrogens (tertiary/aromatic N) is 1. The number of hydrogen-bond acceptors (Lipinski definition) is 2. The van der Waals surface area contributed by atoms with E-state index in [2.05, 4.69) is 0 Å². The maximum absolute atomic E-state index is 12.9. The van der Waals surface area contributed by atoms with Crippen molar-refractivity contribution in [3.8, 4) is 0 Å². The Balaban J connectivity index is 2.40.